The lowest BCUT2D eigenvalue weighted by Crippen LogP contribution is -2.65. The molecule has 0 aromatic heterocycles. The van der Waals surface area contributed by atoms with Crippen LogP contribution in [0.1, 0.15) is 12.8 Å². The van der Waals surface area contributed by atoms with E-state index in [1.54, 1.807) is 0 Å². The number of aliphatic hydroxyl groups excluding tert-OH is 3. The minimum absolute atomic E-state index is 0.205. The Hall–Kier alpha value is -2.24. The lowest BCUT2D eigenvalue weighted by Gasteiger charge is -2.32. The molecule has 0 bridgehead atoms. The van der Waals surface area contributed by atoms with Crippen molar-refractivity contribution in [2.75, 3.05) is 13.7 Å². The number of aliphatic carboxylic acids is 1. The van der Waals surface area contributed by atoms with Crippen LogP contribution in [0.4, 0.5) is 0 Å². The first-order valence-electron chi connectivity index (χ1n) is 7.13. The predicted molar refractivity (Wildman–Crippen MR) is 75.3 cm³/mol. The third-order valence-corrected chi connectivity index (χ3v) is 3.62. The zero-order valence-corrected chi connectivity index (χ0v) is 12.8. The maximum absolute atomic E-state index is 11.0. The monoisotopic (exact) mass is 348 g/mol. The van der Waals surface area contributed by atoms with E-state index < -0.39 is 48.1 Å². The van der Waals surface area contributed by atoms with Crippen LogP contribution in [0.5, 0.6) is 0 Å². The summed E-state index contributed by atoms with van der Waals surface area (Å²) in [5, 5.41) is 39.9. The molecule has 0 spiro atoms. The van der Waals surface area contributed by atoms with Gasteiger partial charge < -0.3 is 35.8 Å². The number of carboxylic acid groups (broad SMARTS) is 1. The molecule has 5 unspecified atom stereocenters. The van der Waals surface area contributed by atoms with Crippen LogP contribution < -0.4 is 10.6 Å². The molecule has 0 saturated carbocycles. The molecular weight excluding hydrogens is 328 g/mol. The number of hydrogen-bond donors (Lipinski definition) is 6. The first kappa shape index (κ1) is 19.8. The molecule has 136 valence electrons. The minimum Gasteiger partial charge on any atom is -0.480 e. The van der Waals surface area contributed by atoms with Crippen LogP contribution in [0.3, 0.4) is 0 Å². The molecule has 11 heteroatoms. The van der Waals surface area contributed by atoms with Crippen molar-refractivity contribution in [1.82, 2.24) is 10.6 Å². The maximum Gasteiger partial charge on any atom is 0.329 e. The van der Waals surface area contributed by atoms with E-state index in [0.717, 1.165) is 6.42 Å². The van der Waals surface area contributed by atoms with Gasteiger partial charge in [0.2, 0.25) is 5.91 Å². The van der Waals surface area contributed by atoms with Gasteiger partial charge >= 0.3 is 11.9 Å². The number of amides is 2. The van der Waals surface area contributed by atoms with Gasteiger partial charge in [-0.3, -0.25) is 14.4 Å². The number of methoxy groups -OCH3 is 1. The van der Waals surface area contributed by atoms with Crippen molar-refractivity contribution in [1.29, 1.82) is 0 Å². The Balaban J connectivity index is 0.000000243. The molecule has 11 nitrogen and oxygen atoms in total. The van der Waals surface area contributed by atoms with Gasteiger partial charge in [-0.1, -0.05) is 0 Å². The number of ether oxygens (including phenoxy) is 1. The first-order valence-corrected chi connectivity index (χ1v) is 7.13. The van der Waals surface area contributed by atoms with Gasteiger partial charge in [-0.15, -0.1) is 0 Å². The fourth-order valence-electron chi connectivity index (χ4n) is 2.21. The molecule has 6 N–H and O–H groups in total. The van der Waals surface area contributed by atoms with Crippen molar-refractivity contribution in [3.63, 3.8) is 0 Å². The lowest BCUT2D eigenvalue weighted by molar-refractivity contribution is -0.165. The summed E-state index contributed by atoms with van der Waals surface area (Å²) in [5.74, 6) is -3.68. The fraction of sp³-hybridized carbons (Fsp3) is 0.692. The SMILES string of the molecule is COC(=O)C1CCCNC1=O.O=C1NC(C(=O)O)C(O)C(O)C1O. The highest BCUT2D eigenvalue weighted by molar-refractivity contribution is 5.98. The number of piperidine rings is 2. The average molecular weight is 348 g/mol. The summed E-state index contributed by atoms with van der Waals surface area (Å²) in [7, 11) is 1.30. The van der Waals surface area contributed by atoms with Crippen LogP contribution in [-0.4, -0.2) is 82.2 Å². The van der Waals surface area contributed by atoms with Gasteiger partial charge in [-0.2, -0.15) is 0 Å². The van der Waals surface area contributed by atoms with E-state index in [2.05, 4.69) is 10.1 Å². The van der Waals surface area contributed by atoms with E-state index in [1.807, 2.05) is 5.32 Å². The number of carbonyl (C=O) groups excluding carboxylic acids is 3. The highest BCUT2D eigenvalue weighted by atomic mass is 16.5. The van der Waals surface area contributed by atoms with Crippen LogP contribution in [0.15, 0.2) is 0 Å². The number of aliphatic hydroxyl groups is 3. The number of rotatable bonds is 2. The van der Waals surface area contributed by atoms with Gasteiger partial charge in [0.15, 0.2) is 12.1 Å². The highest BCUT2D eigenvalue weighted by Crippen LogP contribution is 2.12. The van der Waals surface area contributed by atoms with Gasteiger partial charge in [0.05, 0.1) is 7.11 Å². The topological polar surface area (TPSA) is 182 Å². The standard InChI is InChI=1S/C7H11NO3.C6H9NO6/c1-11-7(10)5-3-2-4-8-6(5)9;8-2-1(6(12)13)7-5(11)4(10)3(2)9/h5H,2-4H2,1H3,(H,8,9);1-4,8-10H,(H,7,11)(H,12,13). The van der Waals surface area contributed by atoms with E-state index >= 15 is 0 Å². The zero-order valence-electron chi connectivity index (χ0n) is 12.8. The maximum atomic E-state index is 11.0. The molecule has 2 fully saturated rings. The molecule has 5 atom stereocenters. The molecule has 2 rings (SSSR count). The Morgan fingerprint density at radius 2 is 1.75 bits per heavy atom. The Kier molecular flexibility index (Phi) is 7.07. The van der Waals surface area contributed by atoms with Crippen molar-refractivity contribution in [3.8, 4) is 0 Å². The third-order valence-electron chi connectivity index (χ3n) is 3.62. The number of nitrogens with one attached hydrogen (secondary N) is 2. The van der Waals surface area contributed by atoms with E-state index in [9.17, 15) is 19.2 Å². The Bertz CT molecular complexity index is 502. The van der Waals surface area contributed by atoms with E-state index in [0.29, 0.717) is 13.0 Å². The van der Waals surface area contributed by atoms with Crippen LogP contribution in [0, 0.1) is 5.92 Å². The highest BCUT2D eigenvalue weighted by Gasteiger charge is 2.44. The second kappa shape index (κ2) is 8.57. The predicted octanol–water partition coefficient (Wildman–Crippen LogP) is -3.66. The molecule has 0 aromatic rings. The zero-order chi connectivity index (χ0) is 18.4. The van der Waals surface area contributed by atoms with Crippen molar-refractivity contribution in [2.24, 2.45) is 5.92 Å². The quantitative estimate of drug-likeness (QED) is 0.216. The lowest BCUT2D eigenvalue weighted by atomic mass is 9.96. The molecule has 0 radical (unpaired) electrons. The van der Waals surface area contributed by atoms with Gasteiger partial charge in [0.1, 0.15) is 18.1 Å². The third kappa shape index (κ3) is 4.63. The Morgan fingerprint density at radius 1 is 1.12 bits per heavy atom. The second-order valence-electron chi connectivity index (χ2n) is 5.26. The first-order chi connectivity index (χ1) is 11.2. The molecule has 2 saturated heterocycles. The van der Waals surface area contributed by atoms with E-state index in [-0.39, 0.29) is 5.91 Å². The van der Waals surface area contributed by atoms with Crippen molar-refractivity contribution >= 4 is 23.8 Å². The van der Waals surface area contributed by atoms with Gasteiger partial charge in [-0.05, 0) is 12.8 Å². The van der Waals surface area contributed by atoms with Crippen molar-refractivity contribution in [2.45, 2.75) is 37.2 Å². The molecule has 2 aliphatic rings. The molecular formula is C13H20N2O9. The van der Waals surface area contributed by atoms with Crippen molar-refractivity contribution < 1.29 is 44.3 Å². The second-order valence-corrected chi connectivity index (χ2v) is 5.26. The molecule has 2 aliphatic heterocycles. The van der Waals surface area contributed by atoms with Crippen LogP contribution in [0.25, 0.3) is 0 Å². The molecule has 24 heavy (non-hydrogen) atoms. The summed E-state index contributed by atoms with van der Waals surface area (Å²) in [4.78, 5) is 43.0. The van der Waals surface area contributed by atoms with Crippen molar-refractivity contribution in [3.05, 3.63) is 0 Å². The van der Waals surface area contributed by atoms with E-state index in [4.69, 9.17) is 20.4 Å². The Morgan fingerprint density at radius 3 is 2.25 bits per heavy atom. The number of hydrogen-bond acceptors (Lipinski definition) is 8. The van der Waals surface area contributed by atoms with E-state index in [1.165, 1.54) is 7.11 Å². The number of esters is 1. The fourth-order valence-corrected chi connectivity index (χ4v) is 2.21. The van der Waals surface area contributed by atoms with Crippen LogP contribution in [0.2, 0.25) is 0 Å². The molecule has 2 heterocycles. The van der Waals surface area contributed by atoms with Gasteiger partial charge in [-0.25, -0.2) is 4.79 Å². The smallest absolute Gasteiger partial charge is 0.329 e. The normalized spacial score (nSPS) is 32.6. The largest absolute Gasteiger partial charge is 0.480 e. The minimum atomic E-state index is -1.79. The molecule has 0 aliphatic carbocycles. The summed E-state index contributed by atoms with van der Waals surface area (Å²) >= 11 is 0. The van der Waals surface area contributed by atoms with Gasteiger partial charge in [0.25, 0.3) is 5.91 Å². The summed E-state index contributed by atoms with van der Waals surface area (Å²) < 4.78 is 4.46. The van der Waals surface area contributed by atoms with Gasteiger partial charge in [0, 0.05) is 6.54 Å². The summed E-state index contributed by atoms with van der Waals surface area (Å²) in [6.07, 6.45) is -3.80. The molecule has 2 amide bonds. The Labute approximate surface area is 136 Å². The summed E-state index contributed by atoms with van der Waals surface area (Å²) in [6, 6.07) is -1.58. The van der Waals surface area contributed by atoms with Crippen LogP contribution >= 0.6 is 0 Å². The number of carboxylic acids is 1. The average Bonchev–Trinajstić information content (AvgIpc) is 2.56. The number of carbonyl (C=O) groups is 4. The summed E-state index contributed by atoms with van der Waals surface area (Å²) in [6.45, 7) is 0.673. The summed E-state index contributed by atoms with van der Waals surface area (Å²) in [5.41, 5.74) is 0. The van der Waals surface area contributed by atoms with Crippen LogP contribution in [-0.2, 0) is 23.9 Å². The molecule has 0 aromatic carbocycles.